The van der Waals surface area contributed by atoms with Crippen molar-refractivity contribution in [3.63, 3.8) is 0 Å². The third kappa shape index (κ3) is 2.54. The first-order valence-electron chi connectivity index (χ1n) is 6.42. The number of aryl methyl sites for hydroxylation is 1. The molecule has 1 aromatic heterocycles. The van der Waals surface area contributed by atoms with Crippen molar-refractivity contribution < 1.29 is 4.74 Å². The van der Waals surface area contributed by atoms with Gasteiger partial charge in [0, 0.05) is 23.9 Å². The average molecular weight is 254 g/mol. The Morgan fingerprint density at radius 1 is 1.53 bits per heavy atom. The Morgan fingerprint density at radius 3 is 2.94 bits per heavy atom. The maximum atomic E-state index is 5.83. The van der Waals surface area contributed by atoms with Crippen molar-refractivity contribution in [3.8, 4) is 0 Å². The van der Waals surface area contributed by atoms with Crippen LogP contribution in [0.15, 0.2) is 0 Å². The molecule has 0 saturated carbocycles. The standard InChI is InChI=1S/C13H22N2OS/c1-4-16-13(2,3)12-15-11-9(8-14)6-5-7-10(11)17-12/h9H,4-8,14H2,1-3H3. The predicted octanol–water partition coefficient (Wildman–Crippen LogP) is 2.79. The highest BCUT2D eigenvalue weighted by atomic mass is 32.1. The van der Waals surface area contributed by atoms with E-state index >= 15 is 0 Å². The maximum absolute atomic E-state index is 5.83. The first kappa shape index (κ1) is 13.0. The van der Waals surface area contributed by atoms with Gasteiger partial charge in [0.25, 0.3) is 0 Å². The largest absolute Gasteiger partial charge is 0.369 e. The second-order valence-corrected chi connectivity index (χ2v) is 6.18. The summed E-state index contributed by atoms with van der Waals surface area (Å²) in [6.45, 7) is 7.65. The molecule has 0 radical (unpaired) electrons. The molecule has 0 amide bonds. The molecule has 2 rings (SSSR count). The smallest absolute Gasteiger partial charge is 0.125 e. The van der Waals surface area contributed by atoms with Crippen LogP contribution in [0.25, 0.3) is 0 Å². The molecule has 4 heteroatoms. The van der Waals surface area contributed by atoms with E-state index in [-0.39, 0.29) is 5.60 Å². The molecule has 1 aliphatic carbocycles. The molecule has 0 fully saturated rings. The maximum Gasteiger partial charge on any atom is 0.125 e. The Balaban J connectivity index is 2.30. The van der Waals surface area contributed by atoms with Crippen molar-refractivity contribution in [2.75, 3.05) is 13.2 Å². The second kappa shape index (κ2) is 5.04. The summed E-state index contributed by atoms with van der Waals surface area (Å²) in [7, 11) is 0. The fraction of sp³-hybridized carbons (Fsp3) is 0.769. The molecule has 2 N–H and O–H groups in total. The van der Waals surface area contributed by atoms with Crippen LogP contribution in [0.3, 0.4) is 0 Å². The van der Waals surface area contributed by atoms with Crippen LogP contribution in [-0.4, -0.2) is 18.1 Å². The topological polar surface area (TPSA) is 48.1 Å². The van der Waals surface area contributed by atoms with E-state index in [1.165, 1.54) is 23.4 Å². The summed E-state index contributed by atoms with van der Waals surface area (Å²) >= 11 is 1.81. The van der Waals surface area contributed by atoms with Crippen molar-refractivity contribution in [1.29, 1.82) is 0 Å². The lowest BCUT2D eigenvalue weighted by Gasteiger charge is -2.21. The van der Waals surface area contributed by atoms with Gasteiger partial charge in [-0.05, 0) is 40.0 Å². The molecule has 1 aliphatic rings. The zero-order chi connectivity index (χ0) is 12.5. The van der Waals surface area contributed by atoms with E-state index in [1.54, 1.807) is 0 Å². The zero-order valence-corrected chi connectivity index (χ0v) is 11.8. The molecule has 1 atom stereocenters. The molecule has 17 heavy (non-hydrogen) atoms. The number of nitrogens with two attached hydrogens (primary N) is 1. The SMILES string of the molecule is CCOC(C)(C)c1nc2c(s1)CCCC2CN. The van der Waals surface area contributed by atoms with Crippen LogP contribution in [0.1, 0.15) is 55.1 Å². The Morgan fingerprint density at radius 2 is 2.29 bits per heavy atom. The Bertz CT molecular complexity index is 387. The van der Waals surface area contributed by atoms with Crippen LogP contribution >= 0.6 is 11.3 Å². The van der Waals surface area contributed by atoms with Crippen molar-refractivity contribution in [1.82, 2.24) is 4.98 Å². The van der Waals surface area contributed by atoms with Gasteiger partial charge in [-0.3, -0.25) is 0 Å². The van der Waals surface area contributed by atoms with Crippen LogP contribution in [0.5, 0.6) is 0 Å². The van der Waals surface area contributed by atoms with Crippen molar-refractivity contribution in [3.05, 3.63) is 15.6 Å². The van der Waals surface area contributed by atoms with Crippen LogP contribution in [0, 0.1) is 0 Å². The molecule has 0 saturated heterocycles. The summed E-state index contributed by atoms with van der Waals surface area (Å²) in [5, 5.41) is 1.10. The minimum Gasteiger partial charge on any atom is -0.369 e. The average Bonchev–Trinajstić information content (AvgIpc) is 2.73. The molecule has 1 heterocycles. The number of hydrogen-bond acceptors (Lipinski definition) is 4. The quantitative estimate of drug-likeness (QED) is 0.898. The van der Waals surface area contributed by atoms with Gasteiger partial charge in [-0.1, -0.05) is 0 Å². The minimum atomic E-state index is -0.268. The van der Waals surface area contributed by atoms with Crippen molar-refractivity contribution in [2.24, 2.45) is 5.73 Å². The fourth-order valence-electron chi connectivity index (χ4n) is 2.42. The van der Waals surface area contributed by atoms with E-state index in [1.807, 2.05) is 18.3 Å². The molecule has 0 aromatic carbocycles. The lowest BCUT2D eigenvalue weighted by molar-refractivity contribution is -0.0142. The molecule has 3 nitrogen and oxygen atoms in total. The summed E-state index contributed by atoms with van der Waals surface area (Å²) in [4.78, 5) is 6.23. The lowest BCUT2D eigenvalue weighted by atomic mass is 9.91. The Kier molecular flexibility index (Phi) is 3.85. The van der Waals surface area contributed by atoms with Gasteiger partial charge < -0.3 is 10.5 Å². The van der Waals surface area contributed by atoms with Gasteiger partial charge in [0.05, 0.1) is 5.69 Å². The highest BCUT2D eigenvalue weighted by molar-refractivity contribution is 7.11. The molecule has 0 aliphatic heterocycles. The molecule has 1 unspecified atom stereocenters. The molecule has 96 valence electrons. The van der Waals surface area contributed by atoms with Gasteiger partial charge in [0.15, 0.2) is 0 Å². The number of aromatic nitrogens is 1. The van der Waals surface area contributed by atoms with E-state index in [4.69, 9.17) is 15.5 Å². The third-order valence-electron chi connectivity index (χ3n) is 3.38. The van der Waals surface area contributed by atoms with Gasteiger partial charge in [-0.25, -0.2) is 4.98 Å². The fourth-order valence-corrected chi connectivity index (χ4v) is 3.66. The van der Waals surface area contributed by atoms with Gasteiger partial charge >= 0.3 is 0 Å². The summed E-state index contributed by atoms with van der Waals surface area (Å²) in [6.07, 6.45) is 3.58. The van der Waals surface area contributed by atoms with Gasteiger partial charge in [0.1, 0.15) is 10.6 Å². The predicted molar refractivity (Wildman–Crippen MR) is 71.5 cm³/mol. The van der Waals surface area contributed by atoms with Crippen LogP contribution in [0.2, 0.25) is 0 Å². The highest BCUT2D eigenvalue weighted by Gasteiger charge is 2.30. The van der Waals surface area contributed by atoms with Crippen LogP contribution in [-0.2, 0) is 16.8 Å². The van der Waals surface area contributed by atoms with E-state index in [0.717, 1.165) is 18.0 Å². The van der Waals surface area contributed by atoms with Crippen LogP contribution in [0.4, 0.5) is 0 Å². The molecular weight excluding hydrogens is 232 g/mol. The van der Waals surface area contributed by atoms with Gasteiger partial charge in [-0.15, -0.1) is 11.3 Å². The monoisotopic (exact) mass is 254 g/mol. The molecule has 1 aromatic rings. The third-order valence-corrected chi connectivity index (χ3v) is 4.81. The highest BCUT2D eigenvalue weighted by Crippen LogP contribution is 2.38. The summed E-state index contributed by atoms with van der Waals surface area (Å²) in [5.74, 6) is 0.459. The van der Waals surface area contributed by atoms with E-state index in [2.05, 4.69) is 13.8 Å². The number of thiazole rings is 1. The Labute approximate surface area is 107 Å². The van der Waals surface area contributed by atoms with E-state index < -0.39 is 0 Å². The molecular formula is C13H22N2OS. The summed E-state index contributed by atoms with van der Waals surface area (Å²) < 4.78 is 5.78. The summed E-state index contributed by atoms with van der Waals surface area (Å²) in [6, 6.07) is 0. The minimum absolute atomic E-state index is 0.268. The molecule has 0 spiro atoms. The number of fused-ring (bicyclic) bond motifs is 1. The van der Waals surface area contributed by atoms with Gasteiger partial charge in [-0.2, -0.15) is 0 Å². The van der Waals surface area contributed by atoms with E-state index in [0.29, 0.717) is 12.5 Å². The second-order valence-electron chi connectivity index (χ2n) is 5.10. The first-order valence-corrected chi connectivity index (χ1v) is 7.24. The van der Waals surface area contributed by atoms with E-state index in [9.17, 15) is 0 Å². The molecule has 0 bridgehead atoms. The number of hydrogen-bond donors (Lipinski definition) is 1. The lowest BCUT2D eigenvalue weighted by Crippen LogP contribution is -2.22. The number of nitrogens with zero attached hydrogens (tertiary/aromatic N) is 1. The normalized spacial score (nSPS) is 20.4. The van der Waals surface area contributed by atoms with Crippen molar-refractivity contribution in [2.45, 2.75) is 51.6 Å². The van der Waals surface area contributed by atoms with Gasteiger partial charge in [0.2, 0.25) is 0 Å². The van der Waals surface area contributed by atoms with Crippen LogP contribution < -0.4 is 5.73 Å². The Hall–Kier alpha value is -0.450. The van der Waals surface area contributed by atoms with Crippen molar-refractivity contribution >= 4 is 11.3 Å². The summed E-state index contributed by atoms with van der Waals surface area (Å²) in [5.41, 5.74) is 6.80. The zero-order valence-electron chi connectivity index (χ0n) is 11.0. The number of rotatable bonds is 4. The first-order chi connectivity index (χ1) is 8.08. The number of ether oxygens (including phenoxy) is 1.